The molecule has 16 heavy (non-hydrogen) atoms. The second-order valence-electron chi connectivity index (χ2n) is 4.04. The van der Waals surface area contributed by atoms with Gasteiger partial charge in [0.2, 0.25) is 0 Å². The van der Waals surface area contributed by atoms with Crippen LogP contribution in [0.15, 0.2) is 18.2 Å². The van der Waals surface area contributed by atoms with Gasteiger partial charge in [-0.2, -0.15) is 0 Å². The molecule has 1 heterocycles. The van der Waals surface area contributed by atoms with Gasteiger partial charge in [-0.15, -0.1) is 0 Å². The molecular formula is C12H14Cl2O2. The minimum absolute atomic E-state index is 0.108. The number of benzene rings is 1. The Kier molecular flexibility index (Phi) is 4.09. The first-order valence-corrected chi connectivity index (χ1v) is 6.15. The van der Waals surface area contributed by atoms with Crippen molar-refractivity contribution >= 4 is 23.2 Å². The largest absolute Gasteiger partial charge is 0.396 e. The van der Waals surface area contributed by atoms with Gasteiger partial charge in [-0.1, -0.05) is 29.3 Å². The van der Waals surface area contributed by atoms with E-state index in [0.29, 0.717) is 10.0 Å². The van der Waals surface area contributed by atoms with Crippen molar-refractivity contribution in [1.29, 1.82) is 0 Å². The summed E-state index contributed by atoms with van der Waals surface area (Å²) < 4.78 is 5.70. The summed E-state index contributed by atoms with van der Waals surface area (Å²) >= 11 is 12.0. The van der Waals surface area contributed by atoms with Crippen molar-refractivity contribution in [2.75, 3.05) is 13.2 Å². The molecule has 0 spiro atoms. The van der Waals surface area contributed by atoms with E-state index in [9.17, 15) is 5.11 Å². The number of hydrogen-bond acceptors (Lipinski definition) is 2. The summed E-state index contributed by atoms with van der Waals surface area (Å²) in [5.74, 6) is 0.132. The lowest BCUT2D eigenvalue weighted by molar-refractivity contribution is -0.0456. The van der Waals surface area contributed by atoms with E-state index in [-0.39, 0.29) is 18.6 Å². The Morgan fingerprint density at radius 3 is 2.88 bits per heavy atom. The molecule has 0 saturated carbocycles. The summed E-state index contributed by atoms with van der Waals surface area (Å²) in [6, 6.07) is 5.39. The summed E-state index contributed by atoms with van der Waals surface area (Å²) in [4.78, 5) is 0. The number of rotatable bonds is 2. The molecule has 2 rings (SSSR count). The average molecular weight is 261 g/mol. The van der Waals surface area contributed by atoms with E-state index < -0.39 is 0 Å². The number of hydrogen-bond donors (Lipinski definition) is 1. The highest BCUT2D eigenvalue weighted by Crippen LogP contribution is 2.37. The van der Waals surface area contributed by atoms with Gasteiger partial charge in [0.25, 0.3) is 0 Å². The minimum atomic E-state index is -0.108. The van der Waals surface area contributed by atoms with Gasteiger partial charge < -0.3 is 9.84 Å². The molecule has 1 aliphatic rings. The molecule has 1 fully saturated rings. The fourth-order valence-electron chi connectivity index (χ4n) is 2.11. The Balaban J connectivity index is 2.27. The van der Waals surface area contributed by atoms with Crippen LogP contribution < -0.4 is 0 Å². The van der Waals surface area contributed by atoms with Crippen LogP contribution in [0.1, 0.15) is 24.5 Å². The van der Waals surface area contributed by atoms with Crippen molar-refractivity contribution in [3.05, 3.63) is 33.8 Å². The normalized spacial score (nSPS) is 25.7. The molecule has 0 radical (unpaired) electrons. The molecule has 0 aromatic heterocycles. The summed E-state index contributed by atoms with van der Waals surface area (Å²) in [6.07, 6.45) is 1.86. The van der Waals surface area contributed by atoms with Crippen LogP contribution in [0, 0.1) is 5.92 Å². The quantitative estimate of drug-likeness (QED) is 0.883. The Labute approximate surface area is 105 Å². The maximum absolute atomic E-state index is 9.32. The SMILES string of the molecule is OCC1CCCOC1c1ccc(Cl)cc1Cl. The third-order valence-electron chi connectivity index (χ3n) is 2.95. The lowest BCUT2D eigenvalue weighted by atomic mass is 9.90. The predicted octanol–water partition coefficient (Wildman–Crippen LogP) is 3.45. The zero-order valence-corrected chi connectivity index (χ0v) is 10.3. The van der Waals surface area contributed by atoms with E-state index in [1.54, 1.807) is 12.1 Å². The van der Waals surface area contributed by atoms with Crippen molar-refractivity contribution in [1.82, 2.24) is 0 Å². The van der Waals surface area contributed by atoms with Crippen LogP contribution in [0.2, 0.25) is 10.0 Å². The van der Waals surface area contributed by atoms with Gasteiger partial charge in [0, 0.05) is 29.2 Å². The molecule has 1 aliphatic heterocycles. The smallest absolute Gasteiger partial charge is 0.0889 e. The van der Waals surface area contributed by atoms with Crippen molar-refractivity contribution in [2.24, 2.45) is 5.92 Å². The first-order valence-electron chi connectivity index (χ1n) is 5.40. The maximum Gasteiger partial charge on any atom is 0.0889 e. The van der Waals surface area contributed by atoms with Crippen LogP contribution in [-0.2, 0) is 4.74 Å². The standard InChI is InChI=1S/C12H14Cl2O2/c13-9-3-4-10(11(14)6-9)12-8(7-15)2-1-5-16-12/h3-4,6,8,12,15H,1-2,5,7H2. The van der Waals surface area contributed by atoms with E-state index in [1.165, 1.54) is 0 Å². The molecule has 1 aromatic rings. The molecule has 1 N–H and O–H groups in total. The van der Waals surface area contributed by atoms with Gasteiger partial charge in [-0.05, 0) is 30.5 Å². The Morgan fingerprint density at radius 2 is 2.19 bits per heavy atom. The number of ether oxygens (including phenoxy) is 1. The number of aliphatic hydroxyl groups is 1. The lowest BCUT2D eigenvalue weighted by Crippen LogP contribution is -2.25. The van der Waals surface area contributed by atoms with Crippen LogP contribution in [0.3, 0.4) is 0 Å². The third kappa shape index (κ3) is 2.51. The molecule has 2 unspecified atom stereocenters. The Hall–Kier alpha value is -0.280. The maximum atomic E-state index is 9.32. The second-order valence-corrected chi connectivity index (χ2v) is 4.89. The minimum Gasteiger partial charge on any atom is -0.396 e. The van der Waals surface area contributed by atoms with Gasteiger partial charge in [0.1, 0.15) is 0 Å². The van der Waals surface area contributed by atoms with Crippen LogP contribution in [0.4, 0.5) is 0 Å². The van der Waals surface area contributed by atoms with Gasteiger partial charge in [0.15, 0.2) is 0 Å². The van der Waals surface area contributed by atoms with Gasteiger partial charge in [0.05, 0.1) is 6.10 Å². The van der Waals surface area contributed by atoms with Crippen LogP contribution in [-0.4, -0.2) is 18.3 Å². The molecule has 88 valence electrons. The summed E-state index contributed by atoms with van der Waals surface area (Å²) in [5, 5.41) is 10.5. The van der Waals surface area contributed by atoms with Crippen LogP contribution in [0.25, 0.3) is 0 Å². The lowest BCUT2D eigenvalue weighted by Gasteiger charge is -2.31. The molecule has 0 amide bonds. The van der Waals surface area contributed by atoms with Crippen molar-refractivity contribution in [3.63, 3.8) is 0 Å². The average Bonchev–Trinajstić information content (AvgIpc) is 2.29. The van der Waals surface area contributed by atoms with Gasteiger partial charge >= 0.3 is 0 Å². The van der Waals surface area contributed by atoms with Crippen LogP contribution in [0.5, 0.6) is 0 Å². The van der Waals surface area contributed by atoms with Crippen molar-refractivity contribution in [2.45, 2.75) is 18.9 Å². The monoisotopic (exact) mass is 260 g/mol. The molecule has 2 nitrogen and oxygen atoms in total. The highest BCUT2D eigenvalue weighted by atomic mass is 35.5. The molecule has 1 aromatic carbocycles. The summed E-state index contributed by atoms with van der Waals surface area (Å²) in [7, 11) is 0. The number of aliphatic hydroxyl groups excluding tert-OH is 1. The molecule has 0 bridgehead atoms. The summed E-state index contributed by atoms with van der Waals surface area (Å²) in [5.41, 5.74) is 0.921. The van der Waals surface area contributed by atoms with E-state index in [4.69, 9.17) is 27.9 Å². The molecule has 4 heteroatoms. The highest BCUT2D eigenvalue weighted by molar-refractivity contribution is 6.35. The first kappa shape index (κ1) is 12.2. The Morgan fingerprint density at radius 1 is 1.38 bits per heavy atom. The zero-order chi connectivity index (χ0) is 11.5. The number of halogens is 2. The molecular weight excluding hydrogens is 247 g/mol. The first-order chi connectivity index (χ1) is 7.72. The van der Waals surface area contributed by atoms with Crippen LogP contribution >= 0.6 is 23.2 Å². The van der Waals surface area contributed by atoms with Crippen molar-refractivity contribution in [3.8, 4) is 0 Å². The summed E-state index contributed by atoms with van der Waals surface area (Å²) in [6.45, 7) is 0.851. The predicted molar refractivity (Wildman–Crippen MR) is 65.0 cm³/mol. The second kappa shape index (κ2) is 5.37. The molecule has 1 saturated heterocycles. The topological polar surface area (TPSA) is 29.5 Å². The fourth-order valence-corrected chi connectivity index (χ4v) is 2.62. The third-order valence-corrected chi connectivity index (χ3v) is 3.51. The zero-order valence-electron chi connectivity index (χ0n) is 8.83. The fraction of sp³-hybridized carbons (Fsp3) is 0.500. The van der Waals surface area contributed by atoms with Crippen molar-refractivity contribution < 1.29 is 9.84 Å². The molecule has 0 aliphatic carbocycles. The van der Waals surface area contributed by atoms with Gasteiger partial charge in [-0.25, -0.2) is 0 Å². The highest BCUT2D eigenvalue weighted by Gasteiger charge is 2.28. The Bertz CT molecular complexity index is 368. The van der Waals surface area contributed by atoms with Gasteiger partial charge in [-0.3, -0.25) is 0 Å². The van der Waals surface area contributed by atoms with E-state index >= 15 is 0 Å². The van der Waals surface area contributed by atoms with E-state index in [1.807, 2.05) is 6.07 Å². The van der Waals surface area contributed by atoms with E-state index in [0.717, 1.165) is 25.0 Å². The van der Waals surface area contributed by atoms with E-state index in [2.05, 4.69) is 0 Å². The molecule has 2 atom stereocenters.